The van der Waals surface area contributed by atoms with Crippen molar-refractivity contribution in [2.75, 3.05) is 6.61 Å². The molecule has 0 spiro atoms. The molecule has 0 heterocycles. The van der Waals surface area contributed by atoms with Crippen LogP contribution in [-0.4, -0.2) is 12.6 Å². The quantitative estimate of drug-likeness (QED) is 0.627. The topological polar surface area (TPSA) is 26.3 Å². The van der Waals surface area contributed by atoms with Crippen LogP contribution in [0.3, 0.4) is 0 Å². The molecule has 0 aliphatic rings. The molecule has 0 aliphatic heterocycles. The Morgan fingerprint density at radius 1 is 1.56 bits per heavy atom. The second-order valence-electron chi connectivity index (χ2n) is 3.21. The number of hydrogen-bond donors (Lipinski definition) is 0. The van der Waals surface area contributed by atoms with E-state index >= 15 is 0 Å². The van der Waals surface area contributed by atoms with E-state index in [9.17, 15) is 9.18 Å². The molecule has 0 aliphatic carbocycles. The molecule has 0 fully saturated rings. The maximum Gasteiger partial charge on any atom is 0.331 e. The van der Waals surface area contributed by atoms with Gasteiger partial charge in [0.25, 0.3) is 0 Å². The standard InChI is InChI=1S/C12H12BrFO2/c1-3-16-12(15)6-8(2)9-4-5-10(13)11(14)7-9/h4-7H,3H2,1-2H3/b8-6+. The van der Waals surface area contributed by atoms with Crippen LogP contribution in [0.15, 0.2) is 28.7 Å². The van der Waals surface area contributed by atoms with Crippen LogP contribution in [0, 0.1) is 5.82 Å². The predicted octanol–water partition coefficient (Wildman–Crippen LogP) is 3.55. The molecule has 0 saturated carbocycles. The highest BCUT2D eigenvalue weighted by Crippen LogP contribution is 2.21. The zero-order valence-electron chi connectivity index (χ0n) is 9.09. The van der Waals surface area contributed by atoms with Gasteiger partial charge in [-0.15, -0.1) is 0 Å². The van der Waals surface area contributed by atoms with Gasteiger partial charge in [0.1, 0.15) is 5.82 Å². The highest BCUT2D eigenvalue weighted by Gasteiger charge is 2.04. The van der Waals surface area contributed by atoms with E-state index in [0.717, 1.165) is 0 Å². The van der Waals surface area contributed by atoms with Gasteiger partial charge in [-0.2, -0.15) is 0 Å². The van der Waals surface area contributed by atoms with E-state index in [4.69, 9.17) is 4.74 Å². The van der Waals surface area contributed by atoms with Crippen molar-refractivity contribution >= 4 is 27.5 Å². The summed E-state index contributed by atoms with van der Waals surface area (Å²) in [6, 6.07) is 4.71. The van der Waals surface area contributed by atoms with Crippen LogP contribution in [0.5, 0.6) is 0 Å². The summed E-state index contributed by atoms with van der Waals surface area (Å²) in [5, 5.41) is 0. The van der Waals surface area contributed by atoms with Crippen LogP contribution in [0.25, 0.3) is 5.57 Å². The van der Waals surface area contributed by atoms with Gasteiger partial charge in [0, 0.05) is 6.08 Å². The lowest BCUT2D eigenvalue weighted by Gasteiger charge is -2.03. The van der Waals surface area contributed by atoms with Crippen LogP contribution in [-0.2, 0) is 9.53 Å². The average molecular weight is 287 g/mol. The number of halogens is 2. The minimum atomic E-state index is -0.414. The lowest BCUT2D eigenvalue weighted by molar-refractivity contribution is -0.137. The molecule has 16 heavy (non-hydrogen) atoms. The minimum absolute atomic E-state index is 0.331. The van der Waals surface area contributed by atoms with Gasteiger partial charge >= 0.3 is 5.97 Å². The van der Waals surface area contributed by atoms with Crippen LogP contribution in [0.1, 0.15) is 19.4 Å². The molecule has 1 aromatic rings. The third-order valence-corrected chi connectivity index (χ3v) is 2.64. The normalized spacial score (nSPS) is 11.4. The van der Waals surface area contributed by atoms with Gasteiger partial charge in [-0.25, -0.2) is 9.18 Å². The molecule has 4 heteroatoms. The predicted molar refractivity (Wildman–Crippen MR) is 64.4 cm³/mol. The van der Waals surface area contributed by atoms with Crippen molar-refractivity contribution in [1.82, 2.24) is 0 Å². The summed E-state index contributed by atoms with van der Waals surface area (Å²) in [6.45, 7) is 3.80. The summed E-state index contributed by atoms with van der Waals surface area (Å²) >= 11 is 3.07. The second kappa shape index (κ2) is 5.80. The Balaban J connectivity index is 2.91. The van der Waals surface area contributed by atoms with Crippen molar-refractivity contribution in [3.8, 4) is 0 Å². The molecule has 0 atom stereocenters. The summed E-state index contributed by atoms with van der Waals surface area (Å²) in [5.74, 6) is -0.766. The SMILES string of the molecule is CCOC(=O)/C=C(\C)c1ccc(Br)c(F)c1. The van der Waals surface area contributed by atoms with E-state index in [2.05, 4.69) is 15.9 Å². The number of ether oxygens (including phenoxy) is 1. The van der Waals surface area contributed by atoms with Gasteiger partial charge in [0.2, 0.25) is 0 Å². The molecule has 0 N–H and O–H groups in total. The first-order valence-electron chi connectivity index (χ1n) is 4.85. The number of carbonyl (C=O) groups is 1. The number of allylic oxidation sites excluding steroid dienone is 1. The molecule has 2 nitrogen and oxygen atoms in total. The van der Waals surface area contributed by atoms with Gasteiger partial charge in [0.15, 0.2) is 0 Å². The molecule has 0 radical (unpaired) electrons. The Bertz CT molecular complexity index is 427. The monoisotopic (exact) mass is 286 g/mol. The number of rotatable bonds is 3. The first-order valence-corrected chi connectivity index (χ1v) is 5.64. The van der Waals surface area contributed by atoms with E-state index in [1.807, 2.05) is 0 Å². The molecule has 1 rings (SSSR count). The zero-order chi connectivity index (χ0) is 12.1. The Morgan fingerprint density at radius 3 is 2.81 bits per heavy atom. The van der Waals surface area contributed by atoms with Crippen LogP contribution in [0.4, 0.5) is 4.39 Å². The average Bonchev–Trinajstić information content (AvgIpc) is 2.22. The maximum absolute atomic E-state index is 13.2. The zero-order valence-corrected chi connectivity index (χ0v) is 10.7. The molecule has 0 amide bonds. The second-order valence-corrected chi connectivity index (χ2v) is 4.06. The Hall–Kier alpha value is -1.16. The van der Waals surface area contributed by atoms with E-state index in [-0.39, 0.29) is 5.82 Å². The highest BCUT2D eigenvalue weighted by molar-refractivity contribution is 9.10. The fourth-order valence-corrected chi connectivity index (χ4v) is 1.43. The first-order chi connectivity index (χ1) is 7.54. The fourth-order valence-electron chi connectivity index (χ4n) is 1.19. The van der Waals surface area contributed by atoms with Crippen molar-refractivity contribution in [3.63, 3.8) is 0 Å². The highest BCUT2D eigenvalue weighted by atomic mass is 79.9. The first kappa shape index (κ1) is 12.9. The summed E-state index contributed by atoms with van der Waals surface area (Å²) in [7, 11) is 0. The number of esters is 1. The third-order valence-electron chi connectivity index (χ3n) is 2.00. The van der Waals surface area contributed by atoms with Crippen molar-refractivity contribution in [2.45, 2.75) is 13.8 Å². The summed E-state index contributed by atoms with van der Waals surface area (Å²) in [4.78, 5) is 11.2. The van der Waals surface area contributed by atoms with E-state index in [1.54, 1.807) is 26.0 Å². The molecular weight excluding hydrogens is 275 g/mol. The smallest absolute Gasteiger partial charge is 0.331 e. The Labute approximate surface area is 102 Å². The third kappa shape index (κ3) is 3.45. The molecule has 86 valence electrons. The summed E-state index contributed by atoms with van der Waals surface area (Å²) in [5.41, 5.74) is 1.33. The van der Waals surface area contributed by atoms with E-state index < -0.39 is 5.97 Å². The van der Waals surface area contributed by atoms with Crippen molar-refractivity contribution in [2.24, 2.45) is 0 Å². The molecule has 0 aromatic heterocycles. The molecule has 1 aromatic carbocycles. The largest absolute Gasteiger partial charge is 0.463 e. The summed E-state index contributed by atoms with van der Waals surface area (Å²) in [6.07, 6.45) is 1.35. The molecule has 0 unspecified atom stereocenters. The van der Waals surface area contributed by atoms with Crippen LogP contribution in [0.2, 0.25) is 0 Å². The van der Waals surface area contributed by atoms with Crippen molar-refractivity contribution in [1.29, 1.82) is 0 Å². The van der Waals surface area contributed by atoms with E-state index in [1.165, 1.54) is 12.1 Å². The number of carbonyl (C=O) groups excluding carboxylic acids is 1. The van der Waals surface area contributed by atoms with Crippen LogP contribution < -0.4 is 0 Å². The lowest BCUT2D eigenvalue weighted by Crippen LogP contribution is -2.00. The summed E-state index contributed by atoms with van der Waals surface area (Å²) < 4.78 is 18.4. The molecule has 0 bridgehead atoms. The maximum atomic E-state index is 13.2. The van der Waals surface area contributed by atoms with Gasteiger partial charge in [-0.3, -0.25) is 0 Å². The lowest BCUT2D eigenvalue weighted by atomic mass is 10.1. The minimum Gasteiger partial charge on any atom is -0.463 e. The van der Waals surface area contributed by atoms with Gasteiger partial charge in [-0.1, -0.05) is 6.07 Å². The van der Waals surface area contributed by atoms with Crippen LogP contribution >= 0.6 is 15.9 Å². The molecular formula is C12H12BrFO2. The number of benzene rings is 1. The van der Waals surface area contributed by atoms with Gasteiger partial charge < -0.3 is 4.74 Å². The van der Waals surface area contributed by atoms with Gasteiger partial charge in [-0.05, 0) is 53.0 Å². The van der Waals surface area contributed by atoms with E-state index in [0.29, 0.717) is 22.2 Å². The van der Waals surface area contributed by atoms with Crippen molar-refractivity contribution in [3.05, 3.63) is 40.1 Å². The Morgan fingerprint density at radius 2 is 2.25 bits per heavy atom. The van der Waals surface area contributed by atoms with Crippen molar-refractivity contribution < 1.29 is 13.9 Å². The fraction of sp³-hybridized carbons (Fsp3) is 0.250. The Kier molecular flexibility index (Phi) is 4.68. The molecule has 0 saturated heterocycles. The number of hydrogen-bond acceptors (Lipinski definition) is 2. The van der Waals surface area contributed by atoms with Gasteiger partial charge in [0.05, 0.1) is 11.1 Å².